The first-order valence-electron chi connectivity index (χ1n) is 5.52. The summed E-state index contributed by atoms with van der Waals surface area (Å²) >= 11 is 5.89. The first-order valence-corrected chi connectivity index (χ1v) is 5.90. The molecule has 0 saturated carbocycles. The Balaban J connectivity index is 2.09. The van der Waals surface area contributed by atoms with Gasteiger partial charge in [0, 0.05) is 11.4 Å². The number of ether oxygens (including phenoxy) is 1. The standard InChI is InChI=1S/C12H12ClN3O2/c1-2-18-12(17)11-14-10(15-16-11)7-8-4-3-5-9(13)6-8/h3-6H,2,7H2,1H3,(H,14,15,16). The van der Waals surface area contributed by atoms with Gasteiger partial charge in [0.15, 0.2) is 0 Å². The molecular weight excluding hydrogens is 254 g/mol. The van der Waals surface area contributed by atoms with Crippen molar-refractivity contribution in [3.63, 3.8) is 0 Å². The van der Waals surface area contributed by atoms with Gasteiger partial charge in [0.25, 0.3) is 0 Å². The summed E-state index contributed by atoms with van der Waals surface area (Å²) in [5, 5.41) is 8.30. The maximum absolute atomic E-state index is 11.4. The lowest BCUT2D eigenvalue weighted by Gasteiger charge is -1.98. The smallest absolute Gasteiger partial charge is 0.376 e. The highest BCUT2D eigenvalue weighted by atomic mass is 35.5. The average molecular weight is 266 g/mol. The molecule has 0 aliphatic rings. The van der Waals surface area contributed by atoms with Gasteiger partial charge in [-0.25, -0.2) is 4.79 Å². The summed E-state index contributed by atoms with van der Waals surface area (Å²) in [4.78, 5) is 14.2. The summed E-state index contributed by atoms with van der Waals surface area (Å²) in [7, 11) is 0. The molecule has 0 spiro atoms. The SMILES string of the molecule is CCOC(=O)c1nnc(Cc2cccc(Cl)c2)[nH]1. The second-order valence-electron chi connectivity index (χ2n) is 3.65. The monoisotopic (exact) mass is 265 g/mol. The van der Waals surface area contributed by atoms with Gasteiger partial charge in [0.05, 0.1) is 6.61 Å². The molecule has 0 radical (unpaired) electrons. The Morgan fingerprint density at radius 2 is 2.28 bits per heavy atom. The van der Waals surface area contributed by atoms with Crippen molar-refractivity contribution in [2.75, 3.05) is 6.61 Å². The lowest BCUT2D eigenvalue weighted by Crippen LogP contribution is -2.06. The van der Waals surface area contributed by atoms with Crippen LogP contribution >= 0.6 is 11.6 Å². The Bertz CT molecular complexity index is 554. The summed E-state index contributed by atoms with van der Waals surface area (Å²) in [6.07, 6.45) is 0.535. The van der Waals surface area contributed by atoms with E-state index in [9.17, 15) is 4.79 Å². The largest absolute Gasteiger partial charge is 0.460 e. The second-order valence-corrected chi connectivity index (χ2v) is 4.08. The highest BCUT2D eigenvalue weighted by Gasteiger charge is 2.12. The van der Waals surface area contributed by atoms with Crippen LogP contribution in [0.15, 0.2) is 24.3 Å². The number of hydrogen-bond donors (Lipinski definition) is 1. The van der Waals surface area contributed by atoms with Gasteiger partial charge in [-0.2, -0.15) is 0 Å². The third kappa shape index (κ3) is 3.07. The van der Waals surface area contributed by atoms with E-state index in [1.54, 1.807) is 13.0 Å². The molecule has 1 aromatic carbocycles. The topological polar surface area (TPSA) is 67.9 Å². The summed E-state index contributed by atoms with van der Waals surface area (Å²) in [6, 6.07) is 7.43. The lowest BCUT2D eigenvalue weighted by molar-refractivity contribution is 0.0512. The quantitative estimate of drug-likeness (QED) is 0.861. The van der Waals surface area contributed by atoms with Crippen molar-refractivity contribution in [1.82, 2.24) is 15.2 Å². The van der Waals surface area contributed by atoms with Crippen LogP contribution in [-0.2, 0) is 11.2 Å². The van der Waals surface area contributed by atoms with Crippen LogP contribution in [0, 0.1) is 0 Å². The first kappa shape index (κ1) is 12.6. The zero-order valence-corrected chi connectivity index (χ0v) is 10.6. The number of nitrogens with zero attached hydrogens (tertiary/aromatic N) is 2. The van der Waals surface area contributed by atoms with E-state index in [4.69, 9.17) is 16.3 Å². The third-order valence-electron chi connectivity index (χ3n) is 2.26. The third-order valence-corrected chi connectivity index (χ3v) is 2.50. The van der Waals surface area contributed by atoms with E-state index in [-0.39, 0.29) is 5.82 Å². The zero-order valence-electron chi connectivity index (χ0n) is 9.81. The zero-order chi connectivity index (χ0) is 13.0. The number of rotatable bonds is 4. The predicted molar refractivity (Wildman–Crippen MR) is 66.6 cm³/mol. The van der Waals surface area contributed by atoms with Crippen molar-refractivity contribution in [2.24, 2.45) is 0 Å². The highest BCUT2D eigenvalue weighted by molar-refractivity contribution is 6.30. The summed E-state index contributed by atoms with van der Waals surface area (Å²) in [5.74, 6) is 0.219. The molecule has 1 aromatic heterocycles. The van der Waals surface area contributed by atoms with Crippen LogP contribution in [-0.4, -0.2) is 27.8 Å². The molecule has 18 heavy (non-hydrogen) atoms. The minimum atomic E-state index is -0.498. The van der Waals surface area contributed by atoms with Gasteiger partial charge in [0.2, 0.25) is 5.82 Å². The molecule has 0 saturated heterocycles. The Labute approximate surface area is 109 Å². The number of benzene rings is 1. The molecule has 1 N–H and O–H groups in total. The molecule has 1 heterocycles. The van der Waals surface area contributed by atoms with Crippen molar-refractivity contribution in [2.45, 2.75) is 13.3 Å². The maximum atomic E-state index is 11.4. The maximum Gasteiger partial charge on any atom is 0.376 e. The molecule has 0 amide bonds. The fourth-order valence-electron chi connectivity index (χ4n) is 1.51. The number of aromatic nitrogens is 3. The molecule has 94 valence electrons. The molecule has 0 fully saturated rings. The van der Waals surface area contributed by atoms with Crippen LogP contribution in [0.1, 0.15) is 28.9 Å². The van der Waals surface area contributed by atoms with E-state index in [2.05, 4.69) is 15.2 Å². The number of aromatic amines is 1. The second kappa shape index (κ2) is 5.64. The Kier molecular flexibility index (Phi) is 3.94. The van der Waals surface area contributed by atoms with Crippen molar-refractivity contribution in [3.05, 3.63) is 46.5 Å². The normalized spacial score (nSPS) is 10.3. The van der Waals surface area contributed by atoms with E-state index in [1.807, 2.05) is 18.2 Å². The molecule has 0 bridgehead atoms. The van der Waals surface area contributed by atoms with Crippen LogP contribution < -0.4 is 0 Å². The number of esters is 1. The van der Waals surface area contributed by atoms with E-state index in [0.29, 0.717) is 23.9 Å². The molecule has 2 rings (SSSR count). The van der Waals surface area contributed by atoms with Gasteiger partial charge >= 0.3 is 5.97 Å². The number of nitrogens with one attached hydrogen (secondary N) is 1. The Morgan fingerprint density at radius 1 is 1.44 bits per heavy atom. The highest BCUT2D eigenvalue weighted by Crippen LogP contribution is 2.13. The van der Waals surface area contributed by atoms with Crippen LogP contribution in [0.25, 0.3) is 0 Å². The molecule has 5 nitrogen and oxygen atoms in total. The van der Waals surface area contributed by atoms with Gasteiger partial charge in [-0.1, -0.05) is 23.7 Å². The fraction of sp³-hybridized carbons (Fsp3) is 0.250. The van der Waals surface area contributed by atoms with Crippen LogP contribution in [0.5, 0.6) is 0 Å². The van der Waals surface area contributed by atoms with Crippen LogP contribution in [0.2, 0.25) is 5.02 Å². The predicted octanol–water partition coefficient (Wildman–Crippen LogP) is 2.23. The van der Waals surface area contributed by atoms with Crippen LogP contribution in [0.3, 0.4) is 0 Å². The number of carbonyl (C=O) groups is 1. The van der Waals surface area contributed by atoms with Crippen LogP contribution in [0.4, 0.5) is 0 Å². The van der Waals surface area contributed by atoms with Crippen molar-refractivity contribution < 1.29 is 9.53 Å². The molecule has 6 heteroatoms. The van der Waals surface area contributed by atoms with Gasteiger partial charge in [-0.15, -0.1) is 10.2 Å². The Hall–Kier alpha value is -1.88. The molecule has 2 aromatic rings. The lowest BCUT2D eigenvalue weighted by atomic mass is 10.1. The minimum Gasteiger partial charge on any atom is -0.460 e. The molecular formula is C12H12ClN3O2. The van der Waals surface area contributed by atoms with E-state index in [1.165, 1.54) is 0 Å². The average Bonchev–Trinajstić information content (AvgIpc) is 2.78. The number of H-pyrrole nitrogens is 1. The number of carbonyl (C=O) groups excluding carboxylic acids is 1. The van der Waals surface area contributed by atoms with Crippen molar-refractivity contribution >= 4 is 17.6 Å². The number of hydrogen-bond acceptors (Lipinski definition) is 4. The minimum absolute atomic E-state index is 0.119. The van der Waals surface area contributed by atoms with E-state index in [0.717, 1.165) is 5.56 Å². The van der Waals surface area contributed by atoms with E-state index >= 15 is 0 Å². The van der Waals surface area contributed by atoms with Gasteiger partial charge in [-0.05, 0) is 24.6 Å². The molecule has 0 aliphatic carbocycles. The summed E-state index contributed by atoms with van der Waals surface area (Å²) < 4.78 is 4.82. The Morgan fingerprint density at radius 3 is 3.00 bits per heavy atom. The van der Waals surface area contributed by atoms with Crippen molar-refractivity contribution in [1.29, 1.82) is 0 Å². The fourth-order valence-corrected chi connectivity index (χ4v) is 1.72. The van der Waals surface area contributed by atoms with Gasteiger partial charge in [0.1, 0.15) is 5.82 Å². The van der Waals surface area contributed by atoms with Crippen molar-refractivity contribution in [3.8, 4) is 0 Å². The number of halogens is 1. The summed E-state index contributed by atoms with van der Waals surface area (Å²) in [5.41, 5.74) is 0.994. The van der Waals surface area contributed by atoms with Gasteiger partial charge in [-0.3, -0.25) is 0 Å². The van der Waals surface area contributed by atoms with Gasteiger partial charge < -0.3 is 9.72 Å². The molecule has 0 aliphatic heterocycles. The molecule has 0 atom stereocenters. The molecule has 0 unspecified atom stereocenters. The first-order chi connectivity index (χ1) is 8.69. The summed E-state index contributed by atoms with van der Waals surface area (Å²) in [6.45, 7) is 2.05. The van der Waals surface area contributed by atoms with E-state index < -0.39 is 5.97 Å².